The maximum absolute atomic E-state index is 15.4. The van der Waals surface area contributed by atoms with Gasteiger partial charge in [0.25, 0.3) is 0 Å². The fourth-order valence-corrected chi connectivity index (χ4v) is 9.33. The zero-order chi connectivity index (χ0) is 48.1. The molecule has 7 aromatic rings. The first kappa shape index (κ1) is 48.0. The predicted octanol–water partition coefficient (Wildman–Crippen LogP) is 10.9. The van der Waals surface area contributed by atoms with Gasteiger partial charge in [-0.25, -0.2) is 87.8 Å². The van der Waals surface area contributed by atoms with Crippen molar-refractivity contribution in [2.24, 2.45) is 0 Å². The summed E-state index contributed by atoms with van der Waals surface area (Å²) in [5.74, 6) is -71.4. The molecule has 338 valence electrons. The monoisotopic (exact) mass is 956 g/mol. The van der Waals surface area contributed by atoms with E-state index in [0.717, 1.165) is 0 Å². The van der Waals surface area contributed by atoms with Gasteiger partial charge in [-0.15, -0.1) is 21.9 Å². The van der Waals surface area contributed by atoms with Crippen LogP contribution in [0.5, 0.6) is 0 Å². The van der Waals surface area contributed by atoms with Crippen LogP contribution in [0, 0.1) is 123 Å². The molecule has 0 spiro atoms. The first-order valence-electron chi connectivity index (χ1n) is 17.7. The second-order valence-electron chi connectivity index (χ2n) is 13.5. The molecule has 0 heterocycles. The fourth-order valence-electron chi connectivity index (χ4n) is 7.14. The molecule has 0 aromatic heterocycles. The lowest BCUT2D eigenvalue weighted by Gasteiger charge is -2.44. The number of hydrogen-bond acceptors (Lipinski definition) is 0. The molecule has 0 amide bonds. The van der Waals surface area contributed by atoms with Crippen molar-refractivity contribution in [2.45, 2.75) is 21.6 Å². The third kappa shape index (κ3) is 7.73. The minimum atomic E-state index is -7.22. The first-order chi connectivity index (χ1) is 30.5. The Kier molecular flexibility index (Phi) is 13.5. The fraction of sp³-hybridized carbons (Fsp3) is 0.0233. The maximum atomic E-state index is 15.4. The SMILES string of the molecule is Cc1cccc([S+](c2ccccc2)c2ccccc2)c1.Fc1c(F)c(F)c([B-](c2c(F)c(F)c(F)c(F)c2F)(c2c(F)c(F)c(F)c(F)c2F)c2c(F)c(F)c(F)c(F)c2F)c(F)c1F. The van der Waals surface area contributed by atoms with Gasteiger partial charge in [0.2, 0.25) is 0 Å². The third-order valence-corrected chi connectivity index (χ3v) is 12.1. The Morgan fingerprint density at radius 3 is 0.708 bits per heavy atom. The van der Waals surface area contributed by atoms with Crippen LogP contribution in [0.3, 0.4) is 0 Å². The van der Waals surface area contributed by atoms with Gasteiger partial charge in [-0.3, -0.25) is 0 Å². The third-order valence-electron chi connectivity index (χ3n) is 9.89. The summed E-state index contributed by atoms with van der Waals surface area (Å²) in [5, 5.41) is 0. The predicted molar refractivity (Wildman–Crippen MR) is 195 cm³/mol. The van der Waals surface area contributed by atoms with Gasteiger partial charge in [-0.2, -0.15) is 0 Å². The van der Waals surface area contributed by atoms with Crippen molar-refractivity contribution in [3.8, 4) is 0 Å². The second-order valence-corrected chi connectivity index (χ2v) is 15.6. The van der Waals surface area contributed by atoms with Gasteiger partial charge in [-0.1, -0.05) is 48.5 Å². The Morgan fingerprint density at radius 2 is 0.477 bits per heavy atom. The summed E-state index contributed by atoms with van der Waals surface area (Å²) in [6.07, 6.45) is -7.22. The van der Waals surface area contributed by atoms with E-state index in [4.69, 9.17) is 0 Å². The quantitative estimate of drug-likeness (QED) is 0.0491. The average Bonchev–Trinajstić information content (AvgIpc) is 3.30. The summed E-state index contributed by atoms with van der Waals surface area (Å²) < 4.78 is 294. The van der Waals surface area contributed by atoms with Crippen LogP contribution in [-0.2, 0) is 10.9 Å². The van der Waals surface area contributed by atoms with Gasteiger partial charge in [0.1, 0.15) is 52.7 Å². The molecule has 65 heavy (non-hydrogen) atoms. The van der Waals surface area contributed by atoms with Crippen LogP contribution in [0.15, 0.2) is 99.6 Å². The van der Waals surface area contributed by atoms with E-state index in [0.29, 0.717) is 0 Å². The molecule has 0 fully saturated rings. The summed E-state index contributed by atoms with van der Waals surface area (Å²) in [6.45, 7) is 2.15. The van der Waals surface area contributed by atoms with Crippen molar-refractivity contribution in [1.29, 1.82) is 0 Å². The molecule has 0 saturated heterocycles. The number of halogens is 20. The molecule has 22 heteroatoms. The van der Waals surface area contributed by atoms with Crippen LogP contribution >= 0.6 is 0 Å². The Morgan fingerprint density at radius 1 is 0.262 bits per heavy atom. The Hall–Kier alpha value is -6.45. The van der Waals surface area contributed by atoms with Gasteiger partial charge >= 0.3 is 0 Å². The molecule has 7 aromatic carbocycles. The molecule has 0 aliphatic rings. The van der Waals surface area contributed by atoms with E-state index in [1.807, 2.05) is 0 Å². The van der Waals surface area contributed by atoms with Crippen molar-refractivity contribution in [3.05, 3.63) is 207 Å². The lowest BCUT2D eigenvalue weighted by molar-refractivity contribution is 0.378. The van der Waals surface area contributed by atoms with Gasteiger partial charge in [0.15, 0.2) is 84.5 Å². The zero-order valence-corrected chi connectivity index (χ0v) is 32.4. The van der Waals surface area contributed by atoms with Crippen LogP contribution in [0.1, 0.15) is 5.56 Å². The minimum absolute atomic E-state index is 0.0249. The summed E-state index contributed by atoms with van der Waals surface area (Å²) in [7, 11) is -0.0249. The van der Waals surface area contributed by atoms with Crippen LogP contribution in [0.2, 0.25) is 0 Å². The van der Waals surface area contributed by atoms with Gasteiger partial charge in [0, 0.05) is 0 Å². The molecular formula is C43H17BF20S. The molecule has 0 saturated carbocycles. The number of aryl methyl sites for hydroxylation is 1. The lowest BCUT2D eigenvalue weighted by atomic mass is 9.12. The molecule has 0 aliphatic heterocycles. The van der Waals surface area contributed by atoms with Crippen LogP contribution in [-0.4, -0.2) is 6.15 Å². The highest BCUT2D eigenvalue weighted by Crippen LogP contribution is 2.33. The van der Waals surface area contributed by atoms with Crippen molar-refractivity contribution in [2.75, 3.05) is 0 Å². The molecule has 0 radical (unpaired) electrons. The first-order valence-corrected chi connectivity index (χ1v) is 18.9. The van der Waals surface area contributed by atoms with E-state index in [1.165, 1.54) is 20.2 Å². The maximum Gasteiger partial charge on any atom is 0.200 e. The smallest absolute Gasteiger partial charge is 0.200 e. The topological polar surface area (TPSA) is 0 Å². The highest BCUT2D eigenvalue weighted by molar-refractivity contribution is 7.97. The van der Waals surface area contributed by atoms with E-state index in [1.54, 1.807) is 0 Å². The highest BCUT2D eigenvalue weighted by atomic mass is 32.2. The van der Waals surface area contributed by atoms with E-state index in [2.05, 4.69) is 91.9 Å². The largest absolute Gasteiger partial charge is 0.207 e. The van der Waals surface area contributed by atoms with E-state index in [-0.39, 0.29) is 10.9 Å². The van der Waals surface area contributed by atoms with Crippen LogP contribution < -0.4 is 21.9 Å². The average molecular weight is 956 g/mol. The van der Waals surface area contributed by atoms with Gasteiger partial charge in [0.05, 0.1) is 10.9 Å². The molecule has 0 nitrogen and oxygen atoms in total. The van der Waals surface area contributed by atoms with Crippen LogP contribution in [0.25, 0.3) is 0 Å². The van der Waals surface area contributed by atoms with Gasteiger partial charge < -0.3 is 0 Å². The Bertz CT molecular complexity index is 2580. The van der Waals surface area contributed by atoms with E-state index < -0.39 is 144 Å². The molecule has 0 atom stereocenters. The molecule has 0 N–H and O–H groups in total. The van der Waals surface area contributed by atoms with E-state index >= 15 is 35.1 Å². The van der Waals surface area contributed by atoms with Gasteiger partial charge in [-0.05, 0) is 48.9 Å². The summed E-state index contributed by atoms with van der Waals surface area (Å²) in [4.78, 5) is 4.11. The number of rotatable bonds is 7. The number of benzene rings is 7. The lowest BCUT2D eigenvalue weighted by Crippen LogP contribution is -2.81. The molecule has 0 bridgehead atoms. The molecular weight excluding hydrogens is 939 g/mol. The molecule has 0 unspecified atom stereocenters. The minimum Gasteiger partial charge on any atom is -0.207 e. The second kappa shape index (κ2) is 18.2. The molecule has 0 aliphatic carbocycles. The standard InChI is InChI=1S/C24BF20.C19H17S/c26-5-1(6(27)14(35)21(42)13(5)34)25(2-7(28)15(36)22(43)16(37)8(2)29,3-9(30)17(38)23(44)18(39)10(3)31)4-11(32)19(40)24(45)20(41)12(4)33;1-16-9-8-14-19(15-16)20(17-10-4-2-5-11-17)18-12-6-3-7-13-18/h;2-15H,1H3/q-1;+1. The van der Waals surface area contributed by atoms with Crippen molar-refractivity contribution in [1.82, 2.24) is 0 Å². The van der Waals surface area contributed by atoms with Crippen molar-refractivity contribution < 1.29 is 87.8 Å². The van der Waals surface area contributed by atoms with Crippen LogP contribution in [0.4, 0.5) is 87.8 Å². The highest BCUT2D eigenvalue weighted by Gasteiger charge is 2.52. The zero-order valence-electron chi connectivity index (χ0n) is 31.6. The molecule has 7 rings (SSSR count). The normalized spacial score (nSPS) is 11.6. The van der Waals surface area contributed by atoms with Crippen molar-refractivity contribution in [3.63, 3.8) is 0 Å². The summed E-state index contributed by atoms with van der Waals surface area (Å²) in [6, 6.07) is 30.3. The Labute approximate surface area is 354 Å². The number of hydrogen-bond donors (Lipinski definition) is 0. The summed E-state index contributed by atoms with van der Waals surface area (Å²) in [5.41, 5.74) is -13.0. The van der Waals surface area contributed by atoms with Crippen molar-refractivity contribution >= 4 is 38.9 Å². The Balaban J connectivity index is 0.000000289. The van der Waals surface area contributed by atoms with E-state index in [9.17, 15) is 52.7 Å². The summed E-state index contributed by atoms with van der Waals surface area (Å²) >= 11 is 0.